The Labute approximate surface area is 117 Å². The lowest BCUT2D eigenvalue weighted by atomic mass is 9.73. The molecule has 2 aromatic rings. The van der Waals surface area contributed by atoms with E-state index in [9.17, 15) is 9.18 Å². The molecule has 1 aromatic carbocycles. The Morgan fingerprint density at radius 3 is 2.45 bits per heavy atom. The summed E-state index contributed by atoms with van der Waals surface area (Å²) < 4.78 is 13.9. The number of hydrogen-bond donors (Lipinski definition) is 0. The van der Waals surface area contributed by atoms with Crippen molar-refractivity contribution in [3.8, 4) is 0 Å². The largest absolute Gasteiger partial charge is 0.293 e. The van der Waals surface area contributed by atoms with Crippen molar-refractivity contribution < 1.29 is 9.18 Å². The molecular weight excluding hydrogens is 253 g/mol. The first kappa shape index (κ1) is 13.0. The number of aromatic nitrogens is 1. The molecule has 0 N–H and O–H groups in total. The fourth-order valence-electron chi connectivity index (χ4n) is 3.20. The minimum absolute atomic E-state index is 0.110. The Balaban J connectivity index is 2.08. The molecule has 0 radical (unpaired) electrons. The number of nitrogens with zero attached hydrogens (tertiary/aromatic N) is 1. The molecule has 3 heteroatoms. The summed E-state index contributed by atoms with van der Waals surface area (Å²) in [6.45, 7) is 0. The number of hydrogen-bond acceptors (Lipinski definition) is 2. The smallest absolute Gasteiger partial charge is 0.176 e. The number of Topliss-reactive ketones (excluding diaryl/α,β-unsaturated/α-hetero) is 1. The number of carbonyl (C=O) groups is 1. The van der Waals surface area contributed by atoms with E-state index in [0.717, 1.165) is 37.4 Å². The van der Waals surface area contributed by atoms with Gasteiger partial charge in [0.25, 0.3) is 0 Å². The van der Waals surface area contributed by atoms with Gasteiger partial charge in [-0.25, -0.2) is 4.39 Å². The van der Waals surface area contributed by atoms with Gasteiger partial charge in [0, 0.05) is 6.20 Å². The van der Waals surface area contributed by atoms with Crippen LogP contribution in [0.15, 0.2) is 48.8 Å². The Kier molecular flexibility index (Phi) is 3.35. The van der Waals surface area contributed by atoms with Crippen LogP contribution in [0.2, 0.25) is 0 Å². The van der Waals surface area contributed by atoms with Gasteiger partial charge in [-0.15, -0.1) is 0 Å². The second-order valence-corrected chi connectivity index (χ2v) is 5.34. The number of rotatable bonds is 3. The molecule has 20 heavy (non-hydrogen) atoms. The highest BCUT2D eigenvalue weighted by molar-refractivity contribution is 6.04. The molecule has 0 aliphatic heterocycles. The Bertz CT molecular complexity index is 618. The van der Waals surface area contributed by atoms with E-state index in [-0.39, 0.29) is 11.3 Å². The highest BCUT2D eigenvalue weighted by atomic mass is 19.1. The quantitative estimate of drug-likeness (QED) is 0.791. The molecule has 1 heterocycles. The molecule has 0 spiro atoms. The average Bonchev–Trinajstić information content (AvgIpc) is 2.99. The number of ketones is 1. The third-order valence-electron chi connectivity index (χ3n) is 4.24. The van der Waals surface area contributed by atoms with Crippen molar-refractivity contribution in [1.82, 2.24) is 4.98 Å². The van der Waals surface area contributed by atoms with Crippen LogP contribution in [-0.2, 0) is 5.41 Å². The van der Waals surface area contributed by atoms with Gasteiger partial charge in [0.15, 0.2) is 11.6 Å². The number of benzene rings is 1. The van der Waals surface area contributed by atoms with Gasteiger partial charge in [0.05, 0.1) is 17.2 Å². The molecule has 1 saturated carbocycles. The minimum Gasteiger partial charge on any atom is -0.293 e. The maximum atomic E-state index is 13.9. The van der Waals surface area contributed by atoms with Crippen molar-refractivity contribution in [2.75, 3.05) is 0 Å². The monoisotopic (exact) mass is 269 g/mol. The van der Waals surface area contributed by atoms with Gasteiger partial charge in [-0.3, -0.25) is 9.78 Å². The van der Waals surface area contributed by atoms with Crippen LogP contribution in [0.3, 0.4) is 0 Å². The predicted octanol–water partition coefficient (Wildman–Crippen LogP) is 3.92. The van der Waals surface area contributed by atoms with E-state index in [4.69, 9.17) is 0 Å². The second kappa shape index (κ2) is 5.16. The highest BCUT2D eigenvalue weighted by Crippen LogP contribution is 2.43. The van der Waals surface area contributed by atoms with Crippen molar-refractivity contribution in [3.05, 3.63) is 65.7 Å². The summed E-state index contributed by atoms with van der Waals surface area (Å²) in [4.78, 5) is 16.6. The molecule has 0 amide bonds. The van der Waals surface area contributed by atoms with Crippen molar-refractivity contribution in [2.45, 2.75) is 31.1 Å². The summed E-state index contributed by atoms with van der Waals surface area (Å²) in [5.41, 5.74) is 0.591. The SMILES string of the molecule is O=C(c1ccncc1F)C1(c2ccccc2)CCCC1. The molecule has 1 aliphatic rings. The van der Waals surface area contributed by atoms with E-state index in [1.54, 1.807) is 0 Å². The normalized spacial score (nSPS) is 17.1. The number of pyridine rings is 1. The average molecular weight is 269 g/mol. The summed E-state index contributed by atoms with van der Waals surface area (Å²) in [6, 6.07) is 11.2. The van der Waals surface area contributed by atoms with Crippen LogP contribution in [-0.4, -0.2) is 10.8 Å². The molecule has 0 bridgehead atoms. The lowest BCUT2D eigenvalue weighted by molar-refractivity contribution is 0.0881. The first-order chi connectivity index (χ1) is 9.74. The fourth-order valence-corrected chi connectivity index (χ4v) is 3.20. The maximum absolute atomic E-state index is 13.9. The zero-order valence-corrected chi connectivity index (χ0v) is 11.2. The molecule has 0 saturated heterocycles. The molecule has 1 aromatic heterocycles. The van der Waals surface area contributed by atoms with Crippen LogP contribution in [0.1, 0.15) is 41.6 Å². The molecular formula is C17H16FNO. The molecule has 1 aliphatic carbocycles. The van der Waals surface area contributed by atoms with Crippen molar-refractivity contribution in [2.24, 2.45) is 0 Å². The second-order valence-electron chi connectivity index (χ2n) is 5.34. The van der Waals surface area contributed by atoms with Gasteiger partial charge in [-0.1, -0.05) is 43.2 Å². The minimum atomic E-state index is -0.566. The first-order valence-electron chi connectivity index (χ1n) is 6.94. The van der Waals surface area contributed by atoms with Crippen LogP contribution < -0.4 is 0 Å². The lowest BCUT2D eigenvalue weighted by Gasteiger charge is -2.28. The van der Waals surface area contributed by atoms with Gasteiger partial charge in [0.1, 0.15) is 0 Å². The fraction of sp³-hybridized carbons (Fsp3) is 0.294. The molecule has 3 rings (SSSR count). The summed E-state index contributed by atoms with van der Waals surface area (Å²) >= 11 is 0. The van der Waals surface area contributed by atoms with E-state index in [0.29, 0.717) is 0 Å². The Morgan fingerprint density at radius 2 is 1.80 bits per heavy atom. The van der Waals surface area contributed by atoms with E-state index in [1.807, 2.05) is 30.3 Å². The molecule has 0 unspecified atom stereocenters. The van der Waals surface area contributed by atoms with Crippen molar-refractivity contribution in [3.63, 3.8) is 0 Å². The van der Waals surface area contributed by atoms with Gasteiger partial charge in [-0.05, 0) is 24.5 Å². The highest BCUT2D eigenvalue weighted by Gasteiger charge is 2.43. The lowest BCUT2D eigenvalue weighted by Crippen LogP contribution is -2.33. The Hall–Kier alpha value is -2.03. The van der Waals surface area contributed by atoms with E-state index >= 15 is 0 Å². The number of halogens is 1. The molecule has 2 nitrogen and oxygen atoms in total. The van der Waals surface area contributed by atoms with Crippen LogP contribution >= 0.6 is 0 Å². The molecule has 1 fully saturated rings. The van der Waals surface area contributed by atoms with Crippen LogP contribution in [0.5, 0.6) is 0 Å². The van der Waals surface area contributed by atoms with E-state index < -0.39 is 11.2 Å². The standard InChI is InChI=1S/C17H16FNO/c18-15-12-19-11-8-14(15)16(20)17(9-4-5-10-17)13-6-2-1-3-7-13/h1-3,6-8,11-12H,4-5,9-10H2. The first-order valence-corrected chi connectivity index (χ1v) is 6.94. The van der Waals surface area contributed by atoms with Crippen LogP contribution in [0, 0.1) is 5.82 Å². The molecule has 0 atom stereocenters. The zero-order chi connectivity index (χ0) is 14.0. The summed E-state index contributed by atoms with van der Waals surface area (Å²) in [5.74, 6) is -0.638. The van der Waals surface area contributed by atoms with E-state index in [2.05, 4.69) is 4.98 Å². The number of carbonyl (C=O) groups excluding carboxylic acids is 1. The van der Waals surface area contributed by atoms with Gasteiger partial charge in [-0.2, -0.15) is 0 Å². The maximum Gasteiger partial charge on any atom is 0.176 e. The van der Waals surface area contributed by atoms with E-state index in [1.165, 1.54) is 12.3 Å². The van der Waals surface area contributed by atoms with Crippen molar-refractivity contribution in [1.29, 1.82) is 0 Å². The zero-order valence-electron chi connectivity index (χ0n) is 11.2. The third kappa shape index (κ3) is 2.03. The summed E-state index contributed by atoms with van der Waals surface area (Å²) in [6.07, 6.45) is 6.18. The topological polar surface area (TPSA) is 30.0 Å². The van der Waals surface area contributed by atoms with Crippen molar-refractivity contribution >= 4 is 5.78 Å². The van der Waals surface area contributed by atoms with Gasteiger partial charge < -0.3 is 0 Å². The third-order valence-corrected chi connectivity index (χ3v) is 4.24. The Morgan fingerprint density at radius 1 is 1.10 bits per heavy atom. The summed E-state index contributed by atoms with van der Waals surface area (Å²) in [7, 11) is 0. The van der Waals surface area contributed by atoms with Gasteiger partial charge in [0.2, 0.25) is 0 Å². The van der Waals surface area contributed by atoms with Crippen LogP contribution in [0.25, 0.3) is 0 Å². The summed E-state index contributed by atoms with van der Waals surface area (Å²) in [5, 5.41) is 0. The van der Waals surface area contributed by atoms with Crippen LogP contribution in [0.4, 0.5) is 4.39 Å². The predicted molar refractivity (Wildman–Crippen MR) is 75.1 cm³/mol. The van der Waals surface area contributed by atoms with Gasteiger partial charge >= 0.3 is 0 Å². The molecule has 102 valence electrons.